The van der Waals surface area contributed by atoms with Gasteiger partial charge in [0.2, 0.25) is 5.89 Å². The van der Waals surface area contributed by atoms with E-state index in [0.717, 1.165) is 24.3 Å². The van der Waals surface area contributed by atoms with E-state index in [0.29, 0.717) is 31.5 Å². The highest BCUT2D eigenvalue weighted by atomic mass is 16.5. The molecule has 0 saturated heterocycles. The molecular formula is C16H23N3O3. The lowest BCUT2D eigenvalue weighted by Crippen LogP contribution is -2.21. The van der Waals surface area contributed by atoms with E-state index < -0.39 is 0 Å². The molecule has 0 saturated carbocycles. The van der Waals surface area contributed by atoms with Crippen molar-refractivity contribution in [2.75, 3.05) is 27.3 Å². The summed E-state index contributed by atoms with van der Waals surface area (Å²) < 4.78 is 15.9. The lowest BCUT2D eigenvalue weighted by Gasteiger charge is -2.14. The molecule has 0 N–H and O–H groups in total. The van der Waals surface area contributed by atoms with Crippen molar-refractivity contribution in [2.45, 2.75) is 26.5 Å². The molecule has 22 heavy (non-hydrogen) atoms. The number of hydrogen-bond acceptors (Lipinski definition) is 6. The first-order valence-electron chi connectivity index (χ1n) is 7.36. The number of benzene rings is 1. The normalized spacial score (nSPS) is 11.1. The first-order chi connectivity index (χ1) is 10.7. The van der Waals surface area contributed by atoms with E-state index >= 15 is 0 Å². The molecule has 6 nitrogen and oxygen atoms in total. The number of rotatable bonds is 9. The zero-order valence-corrected chi connectivity index (χ0v) is 13.4. The number of para-hydroxylation sites is 1. The summed E-state index contributed by atoms with van der Waals surface area (Å²) in [5, 5.41) is 3.84. The molecule has 0 bridgehead atoms. The second-order valence-electron chi connectivity index (χ2n) is 5.24. The van der Waals surface area contributed by atoms with E-state index in [2.05, 4.69) is 28.0 Å². The summed E-state index contributed by atoms with van der Waals surface area (Å²) in [4.78, 5) is 6.38. The third kappa shape index (κ3) is 5.13. The lowest BCUT2D eigenvalue weighted by molar-refractivity contribution is 0.174. The van der Waals surface area contributed by atoms with Crippen LogP contribution in [0.25, 0.3) is 0 Å². The first kappa shape index (κ1) is 16.5. The molecule has 0 unspecified atom stereocenters. The molecule has 120 valence electrons. The molecular weight excluding hydrogens is 282 g/mol. The molecule has 1 heterocycles. The first-order valence-corrected chi connectivity index (χ1v) is 7.36. The average molecular weight is 305 g/mol. The molecule has 1 aromatic carbocycles. The Morgan fingerprint density at radius 1 is 1.27 bits per heavy atom. The molecule has 0 radical (unpaired) electrons. The summed E-state index contributed by atoms with van der Waals surface area (Å²) in [6.07, 6.45) is 0.934. The van der Waals surface area contributed by atoms with Crippen molar-refractivity contribution in [1.29, 1.82) is 0 Å². The Morgan fingerprint density at radius 3 is 2.86 bits per heavy atom. The van der Waals surface area contributed by atoms with Crippen LogP contribution in [0, 0.1) is 6.92 Å². The summed E-state index contributed by atoms with van der Waals surface area (Å²) in [5.74, 6) is 2.13. The highest BCUT2D eigenvalue weighted by molar-refractivity contribution is 5.31. The van der Waals surface area contributed by atoms with Crippen molar-refractivity contribution in [3.05, 3.63) is 41.5 Å². The van der Waals surface area contributed by atoms with Crippen LogP contribution < -0.4 is 4.74 Å². The Hall–Kier alpha value is -1.92. The summed E-state index contributed by atoms with van der Waals surface area (Å²) in [7, 11) is 3.63. The summed E-state index contributed by atoms with van der Waals surface area (Å²) in [5.41, 5.74) is 1.16. The number of aryl methyl sites for hydroxylation is 1. The molecule has 2 aromatic rings. The van der Waals surface area contributed by atoms with E-state index in [1.807, 2.05) is 25.2 Å². The minimum absolute atomic E-state index is 0.373. The number of ether oxygens (including phenoxy) is 2. The van der Waals surface area contributed by atoms with Gasteiger partial charge in [-0.3, -0.25) is 4.90 Å². The zero-order valence-electron chi connectivity index (χ0n) is 13.4. The minimum atomic E-state index is 0.373. The third-order valence-corrected chi connectivity index (χ3v) is 3.22. The predicted molar refractivity (Wildman–Crippen MR) is 82.6 cm³/mol. The van der Waals surface area contributed by atoms with Gasteiger partial charge in [0.25, 0.3) is 0 Å². The van der Waals surface area contributed by atoms with Gasteiger partial charge in [-0.1, -0.05) is 23.4 Å². The molecule has 6 heteroatoms. The van der Waals surface area contributed by atoms with Crippen molar-refractivity contribution in [3.8, 4) is 5.75 Å². The van der Waals surface area contributed by atoms with Gasteiger partial charge in [-0.15, -0.1) is 0 Å². The van der Waals surface area contributed by atoms with E-state index in [9.17, 15) is 0 Å². The fourth-order valence-corrected chi connectivity index (χ4v) is 2.09. The van der Waals surface area contributed by atoms with Crippen LogP contribution in [-0.2, 0) is 17.9 Å². The number of methoxy groups -OCH3 is 1. The van der Waals surface area contributed by atoms with Gasteiger partial charge in [0.05, 0.1) is 13.2 Å². The fourth-order valence-electron chi connectivity index (χ4n) is 2.09. The van der Waals surface area contributed by atoms with Crippen molar-refractivity contribution < 1.29 is 14.0 Å². The van der Waals surface area contributed by atoms with Crippen molar-refractivity contribution in [1.82, 2.24) is 15.0 Å². The molecule has 0 amide bonds. The van der Waals surface area contributed by atoms with Crippen LogP contribution in [0.5, 0.6) is 5.75 Å². The predicted octanol–water partition coefficient (Wildman–Crippen LogP) is 2.43. The third-order valence-electron chi connectivity index (χ3n) is 3.22. The Balaban J connectivity index is 1.67. The average Bonchev–Trinajstić information content (AvgIpc) is 2.93. The maximum absolute atomic E-state index is 5.78. The van der Waals surface area contributed by atoms with E-state index in [1.54, 1.807) is 7.11 Å². The number of hydrogen-bond donors (Lipinski definition) is 0. The zero-order chi connectivity index (χ0) is 15.8. The van der Waals surface area contributed by atoms with Gasteiger partial charge < -0.3 is 14.0 Å². The molecule has 0 atom stereocenters. The topological polar surface area (TPSA) is 60.6 Å². The van der Waals surface area contributed by atoms with Gasteiger partial charge in [-0.05, 0) is 32.0 Å². The van der Waals surface area contributed by atoms with Crippen LogP contribution in [-0.4, -0.2) is 42.3 Å². The Labute approximate surface area is 131 Å². The summed E-state index contributed by atoms with van der Waals surface area (Å²) in [6, 6.07) is 8.04. The van der Waals surface area contributed by atoms with E-state index in [4.69, 9.17) is 14.0 Å². The van der Waals surface area contributed by atoms with Gasteiger partial charge in [0.1, 0.15) is 12.4 Å². The second-order valence-corrected chi connectivity index (χ2v) is 5.24. The van der Waals surface area contributed by atoms with Crippen LogP contribution >= 0.6 is 0 Å². The molecule has 0 aliphatic rings. The smallest absolute Gasteiger partial charge is 0.240 e. The van der Waals surface area contributed by atoms with Crippen molar-refractivity contribution in [2.24, 2.45) is 0 Å². The minimum Gasteiger partial charge on any atom is -0.493 e. The Kier molecular flexibility index (Phi) is 6.36. The van der Waals surface area contributed by atoms with Crippen LogP contribution in [0.3, 0.4) is 0 Å². The van der Waals surface area contributed by atoms with Gasteiger partial charge >= 0.3 is 0 Å². The van der Waals surface area contributed by atoms with Crippen molar-refractivity contribution in [3.63, 3.8) is 0 Å². The van der Waals surface area contributed by atoms with E-state index in [1.165, 1.54) is 0 Å². The number of aromatic nitrogens is 2. The van der Waals surface area contributed by atoms with Crippen LogP contribution in [0.4, 0.5) is 0 Å². The van der Waals surface area contributed by atoms with Gasteiger partial charge in [0.15, 0.2) is 5.82 Å². The quantitative estimate of drug-likeness (QED) is 0.663. The van der Waals surface area contributed by atoms with Crippen LogP contribution in [0.1, 0.15) is 23.7 Å². The second kappa shape index (κ2) is 8.51. The Morgan fingerprint density at radius 2 is 2.09 bits per heavy atom. The fraction of sp³-hybridized carbons (Fsp3) is 0.500. The van der Waals surface area contributed by atoms with E-state index in [-0.39, 0.29) is 0 Å². The monoisotopic (exact) mass is 305 g/mol. The summed E-state index contributed by atoms with van der Waals surface area (Å²) >= 11 is 0. The lowest BCUT2D eigenvalue weighted by atomic mass is 10.2. The molecule has 0 fully saturated rings. The number of nitrogens with zero attached hydrogens (tertiary/aromatic N) is 3. The standard InChI is InChI=1S/C16H23N3O3/c1-13-7-4-5-8-14(13)21-10-6-9-19(2)11-16-17-15(12-20-3)18-22-16/h4-5,7-8H,6,9-12H2,1-3H3. The van der Waals surface area contributed by atoms with Gasteiger partial charge in [0, 0.05) is 13.7 Å². The van der Waals surface area contributed by atoms with Gasteiger partial charge in [-0.25, -0.2) is 0 Å². The van der Waals surface area contributed by atoms with Crippen LogP contribution in [0.15, 0.2) is 28.8 Å². The molecule has 0 aliphatic heterocycles. The molecule has 1 aromatic heterocycles. The summed E-state index contributed by atoms with van der Waals surface area (Å²) in [6.45, 7) is 4.63. The van der Waals surface area contributed by atoms with Crippen molar-refractivity contribution >= 4 is 0 Å². The molecule has 0 spiro atoms. The van der Waals surface area contributed by atoms with Crippen LogP contribution in [0.2, 0.25) is 0 Å². The Bertz CT molecular complexity index is 571. The van der Waals surface area contributed by atoms with Gasteiger partial charge in [-0.2, -0.15) is 4.98 Å². The molecule has 0 aliphatic carbocycles. The largest absolute Gasteiger partial charge is 0.493 e. The maximum atomic E-state index is 5.78. The highest BCUT2D eigenvalue weighted by Gasteiger charge is 2.09. The maximum Gasteiger partial charge on any atom is 0.240 e. The highest BCUT2D eigenvalue weighted by Crippen LogP contribution is 2.16. The molecule has 2 rings (SSSR count). The SMILES string of the molecule is COCc1noc(CN(C)CCCOc2ccccc2C)n1.